The van der Waals surface area contributed by atoms with Gasteiger partial charge in [-0.2, -0.15) is 0 Å². The number of nitrogens with one attached hydrogen (secondary N) is 2. The van der Waals surface area contributed by atoms with Gasteiger partial charge in [-0.05, 0) is 50.9 Å². The Morgan fingerprint density at radius 2 is 2.04 bits per heavy atom. The summed E-state index contributed by atoms with van der Waals surface area (Å²) < 4.78 is 5.64. The fourth-order valence-corrected chi connectivity index (χ4v) is 2.95. The van der Waals surface area contributed by atoms with Crippen molar-refractivity contribution in [3.05, 3.63) is 18.3 Å². The molecular weight excluding hydrogens is 316 g/mol. The molecule has 23 heavy (non-hydrogen) atoms. The summed E-state index contributed by atoms with van der Waals surface area (Å²) in [5.41, 5.74) is 0.724. The highest BCUT2D eigenvalue weighted by molar-refractivity contribution is 5.91. The lowest BCUT2D eigenvalue weighted by Gasteiger charge is -2.22. The molecule has 2 fully saturated rings. The summed E-state index contributed by atoms with van der Waals surface area (Å²) in [6.45, 7) is 4.19. The molecule has 128 valence electrons. The number of halogens is 1. The Morgan fingerprint density at radius 3 is 2.70 bits per heavy atom. The summed E-state index contributed by atoms with van der Waals surface area (Å²) in [4.78, 5) is 18.6. The topological polar surface area (TPSA) is 66.5 Å². The van der Waals surface area contributed by atoms with Crippen LogP contribution in [0.25, 0.3) is 0 Å². The Labute approximate surface area is 143 Å². The second-order valence-corrected chi connectivity index (χ2v) is 5.91. The van der Waals surface area contributed by atoms with E-state index in [1.807, 2.05) is 12.1 Å². The molecule has 2 aliphatic heterocycles. The maximum Gasteiger partial charge on any atom is 0.250 e. The van der Waals surface area contributed by atoms with E-state index in [0.717, 1.165) is 50.5 Å². The third kappa shape index (κ3) is 5.34. The first-order chi connectivity index (χ1) is 10.8. The van der Waals surface area contributed by atoms with Crippen molar-refractivity contribution in [1.29, 1.82) is 0 Å². The molecule has 0 unspecified atom stereocenters. The van der Waals surface area contributed by atoms with Crippen molar-refractivity contribution in [2.24, 2.45) is 0 Å². The maximum atomic E-state index is 11.9. The molecule has 0 aromatic carbocycles. The highest BCUT2D eigenvalue weighted by Gasteiger charge is 2.15. The number of pyridine rings is 1. The van der Waals surface area contributed by atoms with E-state index in [-0.39, 0.29) is 31.0 Å². The van der Waals surface area contributed by atoms with E-state index in [9.17, 15) is 4.79 Å². The van der Waals surface area contributed by atoms with Crippen LogP contribution in [0.2, 0.25) is 0 Å². The summed E-state index contributed by atoms with van der Waals surface area (Å²) in [5, 5.41) is 6.12. The van der Waals surface area contributed by atoms with Crippen LogP contribution in [0.3, 0.4) is 0 Å². The monoisotopic (exact) mass is 340 g/mol. The van der Waals surface area contributed by atoms with Crippen LogP contribution < -0.4 is 15.5 Å². The van der Waals surface area contributed by atoms with Gasteiger partial charge in [-0.3, -0.25) is 4.79 Å². The Morgan fingerprint density at radius 1 is 1.30 bits per heavy atom. The highest BCUT2D eigenvalue weighted by atomic mass is 35.5. The lowest BCUT2D eigenvalue weighted by atomic mass is 10.1. The molecule has 7 heteroatoms. The van der Waals surface area contributed by atoms with Crippen LogP contribution >= 0.6 is 12.4 Å². The van der Waals surface area contributed by atoms with Gasteiger partial charge in [0.05, 0.1) is 18.0 Å². The quantitative estimate of drug-likeness (QED) is 0.855. The fraction of sp³-hybridized carbons (Fsp3) is 0.625. The number of hydrogen-bond donors (Lipinski definition) is 2. The summed E-state index contributed by atoms with van der Waals surface area (Å²) in [5.74, 6) is 0.871. The van der Waals surface area contributed by atoms with Crippen molar-refractivity contribution in [1.82, 2.24) is 10.3 Å². The van der Waals surface area contributed by atoms with E-state index >= 15 is 0 Å². The first kappa shape index (κ1) is 18.0. The number of nitrogens with zero attached hydrogens (tertiary/aromatic N) is 2. The first-order valence-corrected chi connectivity index (χ1v) is 8.14. The largest absolute Gasteiger partial charge is 0.368 e. The lowest BCUT2D eigenvalue weighted by Crippen LogP contribution is -2.34. The molecule has 0 aliphatic carbocycles. The van der Waals surface area contributed by atoms with Crippen LogP contribution in [0.1, 0.15) is 25.7 Å². The standard InChI is InChI=1S/C16H24N4O2.ClH/c21-16(12-22-14-5-7-17-8-6-14)19-13-3-4-15(18-11-13)20-9-1-2-10-20;/h3-4,11,14,17H,1-2,5-10,12H2,(H,19,21);1H. The van der Waals surface area contributed by atoms with Crippen molar-refractivity contribution in [2.45, 2.75) is 31.8 Å². The van der Waals surface area contributed by atoms with Crippen LogP contribution in [0, 0.1) is 0 Å². The molecule has 0 radical (unpaired) electrons. The number of carbonyl (C=O) groups is 1. The second kappa shape index (κ2) is 9.05. The molecule has 0 saturated carbocycles. The Hall–Kier alpha value is -1.37. The lowest BCUT2D eigenvalue weighted by molar-refractivity contribution is -0.123. The van der Waals surface area contributed by atoms with Gasteiger partial charge in [0.15, 0.2) is 0 Å². The van der Waals surface area contributed by atoms with Crippen molar-refractivity contribution in [2.75, 3.05) is 43.0 Å². The van der Waals surface area contributed by atoms with Gasteiger partial charge in [0.1, 0.15) is 12.4 Å². The zero-order valence-corrected chi connectivity index (χ0v) is 14.1. The number of anilines is 2. The van der Waals surface area contributed by atoms with E-state index in [4.69, 9.17) is 4.74 Å². The zero-order chi connectivity index (χ0) is 15.2. The number of rotatable bonds is 5. The minimum Gasteiger partial charge on any atom is -0.368 e. The molecule has 3 rings (SSSR count). The van der Waals surface area contributed by atoms with Crippen molar-refractivity contribution in [3.63, 3.8) is 0 Å². The molecule has 0 bridgehead atoms. The van der Waals surface area contributed by atoms with Gasteiger partial charge in [-0.1, -0.05) is 0 Å². The SMILES string of the molecule is Cl.O=C(COC1CCNCC1)Nc1ccc(N2CCCC2)nc1. The Bertz CT molecular complexity index is 485. The normalized spacial score (nSPS) is 18.5. The van der Waals surface area contributed by atoms with E-state index < -0.39 is 0 Å². The summed E-state index contributed by atoms with van der Waals surface area (Å²) in [6.07, 6.45) is 6.32. The molecule has 1 aromatic rings. The summed E-state index contributed by atoms with van der Waals surface area (Å²) >= 11 is 0. The predicted molar refractivity (Wildman–Crippen MR) is 93.4 cm³/mol. The molecule has 0 atom stereocenters. The Kier molecular flexibility index (Phi) is 7.08. The van der Waals surface area contributed by atoms with Gasteiger partial charge in [-0.25, -0.2) is 4.98 Å². The molecule has 2 saturated heterocycles. The van der Waals surface area contributed by atoms with Crippen LogP contribution in [-0.4, -0.2) is 49.8 Å². The van der Waals surface area contributed by atoms with Gasteiger partial charge >= 0.3 is 0 Å². The minimum absolute atomic E-state index is 0. The van der Waals surface area contributed by atoms with Crippen LogP contribution in [-0.2, 0) is 9.53 Å². The van der Waals surface area contributed by atoms with Gasteiger partial charge in [0.2, 0.25) is 5.91 Å². The van der Waals surface area contributed by atoms with Crippen LogP contribution in [0.15, 0.2) is 18.3 Å². The number of aromatic nitrogens is 1. The number of carbonyl (C=O) groups excluding carboxylic acids is 1. The van der Waals surface area contributed by atoms with E-state index in [2.05, 4.69) is 20.5 Å². The first-order valence-electron chi connectivity index (χ1n) is 8.14. The van der Waals surface area contributed by atoms with E-state index in [0.29, 0.717) is 0 Å². The van der Waals surface area contributed by atoms with Crippen molar-refractivity contribution >= 4 is 29.8 Å². The zero-order valence-electron chi connectivity index (χ0n) is 13.3. The summed E-state index contributed by atoms with van der Waals surface area (Å²) in [7, 11) is 0. The van der Waals surface area contributed by atoms with Crippen molar-refractivity contribution < 1.29 is 9.53 Å². The number of piperidine rings is 1. The smallest absolute Gasteiger partial charge is 0.250 e. The number of amides is 1. The van der Waals surface area contributed by atoms with Gasteiger partial charge in [-0.15, -0.1) is 12.4 Å². The van der Waals surface area contributed by atoms with Gasteiger partial charge in [0.25, 0.3) is 0 Å². The number of ether oxygens (including phenoxy) is 1. The van der Waals surface area contributed by atoms with E-state index in [1.54, 1.807) is 6.20 Å². The van der Waals surface area contributed by atoms with Gasteiger partial charge in [0, 0.05) is 13.1 Å². The second-order valence-electron chi connectivity index (χ2n) is 5.91. The molecule has 3 heterocycles. The third-order valence-corrected chi connectivity index (χ3v) is 4.20. The van der Waals surface area contributed by atoms with Gasteiger partial charge < -0.3 is 20.3 Å². The molecule has 1 amide bonds. The molecule has 2 N–H and O–H groups in total. The van der Waals surface area contributed by atoms with Crippen LogP contribution in [0.4, 0.5) is 11.5 Å². The predicted octanol–water partition coefficient (Wildman–Crippen LogP) is 1.81. The molecule has 2 aliphatic rings. The highest BCUT2D eigenvalue weighted by Crippen LogP contribution is 2.19. The third-order valence-electron chi connectivity index (χ3n) is 4.20. The molecule has 6 nitrogen and oxygen atoms in total. The minimum atomic E-state index is -0.116. The average Bonchev–Trinajstić information content (AvgIpc) is 3.09. The summed E-state index contributed by atoms with van der Waals surface area (Å²) in [6, 6.07) is 3.87. The molecule has 1 aromatic heterocycles. The van der Waals surface area contributed by atoms with Crippen molar-refractivity contribution in [3.8, 4) is 0 Å². The average molecular weight is 341 g/mol. The molecule has 0 spiro atoms. The van der Waals surface area contributed by atoms with Crippen LogP contribution in [0.5, 0.6) is 0 Å². The Balaban J connectivity index is 0.00000192. The maximum absolute atomic E-state index is 11.9. The van der Waals surface area contributed by atoms with E-state index in [1.165, 1.54) is 12.8 Å². The fourth-order valence-electron chi connectivity index (χ4n) is 2.95. The number of hydrogen-bond acceptors (Lipinski definition) is 5. The molecular formula is C16H25ClN4O2.